The molecule has 1 heterocycles. The fourth-order valence-electron chi connectivity index (χ4n) is 1.44. The van der Waals surface area contributed by atoms with E-state index in [0.717, 1.165) is 15.5 Å². The van der Waals surface area contributed by atoms with Crippen LogP contribution in [-0.4, -0.2) is 29.7 Å². The highest BCUT2D eigenvalue weighted by Gasteiger charge is 2.39. The molecule has 1 N–H and O–H groups in total. The van der Waals surface area contributed by atoms with E-state index in [1.807, 2.05) is 25.1 Å². The molecule has 0 radical (unpaired) electrons. The molecule has 0 bridgehead atoms. The molecular formula is C11H13ClO2S. The standard InChI is InChI=1S/C11H13ClO2S/c1-8-4-9(2-3-10(8)12)15-11(5-13)6-14-7-11/h2-4,13H,5-7H2,1H3. The predicted octanol–water partition coefficient (Wildman–Crippen LogP) is 2.50. The van der Waals surface area contributed by atoms with Crippen molar-refractivity contribution in [3.63, 3.8) is 0 Å². The number of aliphatic hydroxyl groups is 1. The van der Waals surface area contributed by atoms with Gasteiger partial charge in [-0.25, -0.2) is 0 Å². The van der Waals surface area contributed by atoms with Gasteiger partial charge in [-0.1, -0.05) is 11.6 Å². The maximum atomic E-state index is 9.29. The monoisotopic (exact) mass is 244 g/mol. The van der Waals surface area contributed by atoms with E-state index in [1.165, 1.54) is 0 Å². The number of rotatable bonds is 3. The summed E-state index contributed by atoms with van der Waals surface area (Å²) in [6.45, 7) is 3.38. The fraction of sp³-hybridized carbons (Fsp3) is 0.455. The Morgan fingerprint density at radius 1 is 1.53 bits per heavy atom. The molecule has 0 aliphatic carbocycles. The predicted molar refractivity (Wildman–Crippen MR) is 62.7 cm³/mol. The summed E-state index contributed by atoms with van der Waals surface area (Å²) in [4.78, 5) is 1.13. The summed E-state index contributed by atoms with van der Waals surface area (Å²) >= 11 is 7.62. The fourth-order valence-corrected chi connectivity index (χ4v) is 2.78. The molecular weight excluding hydrogens is 232 g/mol. The molecule has 2 nitrogen and oxygen atoms in total. The van der Waals surface area contributed by atoms with Crippen LogP contribution < -0.4 is 0 Å². The van der Waals surface area contributed by atoms with Crippen molar-refractivity contribution < 1.29 is 9.84 Å². The maximum absolute atomic E-state index is 9.29. The van der Waals surface area contributed by atoms with E-state index in [9.17, 15) is 5.11 Å². The average molecular weight is 245 g/mol. The molecule has 0 aromatic heterocycles. The van der Waals surface area contributed by atoms with Crippen LogP contribution in [0.2, 0.25) is 5.02 Å². The van der Waals surface area contributed by atoms with Gasteiger partial charge in [0.05, 0.1) is 24.6 Å². The molecule has 1 saturated heterocycles. The van der Waals surface area contributed by atoms with Gasteiger partial charge in [0.2, 0.25) is 0 Å². The molecule has 4 heteroatoms. The van der Waals surface area contributed by atoms with Crippen LogP contribution in [0.4, 0.5) is 0 Å². The van der Waals surface area contributed by atoms with E-state index in [4.69, 9.17) is 16.3 Å². The Kier molecular flexibility index (Phi) is 3.26. The average Bonchev–Trinajstić information content (AvgIpc) is 2.17. The molecule has 0 amide bonds. The summed E-state index contributed by atoms with van der Waals surface area (Å²) in [7, 11) is 0. The summed E-state index contributed by atoms with van der Waals surface area (Å²) in [5.41, 5.74) is 1.06. The van der Waals surface area contributed by atoms with Crippen molar-refractivity contribution in [2.24, 2.45) is 0 Å². The number of hydrogen-bond acceptors (Lipinski definition) is 3. The van der Waals surface area contributed by atoms with Crippen LogP contribution in [0.5, 0.6) is 0 Å². The van der Waals surface area contributed by atoms with Gasteiger partial charge >= 0.3 is 0 Å². The second-order valence-corrected chi connectivity index (χ2v) is 5.80. The lowest BCUT2D eigenvalue weighted by molar-refractivity contribution is -0.0318. The Morgan fingerprint density at radius 2 is 2.27 bits per heavy atom. The van der Waals surface area contributed by atoms with Gasteiger partial charge in [-0.2, -0.15) is 0 Å². The Bertz CT molecular complexity index is 358. The summed E-state index contributed by atoms with van der Waals surface area (Å²) < 4.78 is 5.01. The van der Waals surface area contributed by atoms with Gasteiger partial charge in [0.25, 0.3) is 0 Å². The van der Waals surface area contributed by atoms with Gasteiger partial charge in [0.1, 0.15) is 0 Å². The lowest BCUT2D eigenvalue weighted by atomic mass is 10.1. The van der Waals surface area contributed by atoms with E-state index in [1.54, 1.807) is 11.8 Å². The first-order valence-electron chi connectivity index (χ1n) is 4.79. The zero-order valence-corrected chi connectivity index (χ0v) is 10.1. The minimum atomic E-state index is -0.139. The van der Waals surface area contributed by atoms with Crippen LogP contribution in [0.15, 0.2) is 23.1 Å². The van der Waals surface area contributed by atoms with Crippen molar-refractivity contribution in [2.75, 3.05) is 19.8 Å². The lowest BCUT2D eigenvalue weighted by Gasteiger charge is -2.39. The van der Waals surface area contributed by atoms with Crippen molar-refractivity contribution >= 4 is 23.4 Å². The van der Waals surface area contributed by atoms with Crippen molar-refractivity contribution in [3.05, 3.63) is 28.8 Å². The Balaban J connectivity index is 2.13. The minimum absolute atomic E-state index is 0.139. The first-order chi connectivity index (χ1) is 7.15. The summed E-state index contributed by atoms with van der Waals surface area (Å²) in [6, 6.07) is 5.92. The normalized spacial score (nSPS) is 18.6. The molecule has 1 aliphatic rings. The third kappa shape index (κ3) is 2.31. The molecule has 1 aliphatic heterocycles. The number of aryl methyl sites for hydroxylation is 1. The second kappa shape index (κ2) is 4.34. The quantitative estimate of drug-likeness (QED) is 0.886. The smallest absolute Gasteiger partial charge is 0.0902 e. The third-order valence-corrected chi connectivity index (χ3v) is 4.19. The topological polar surface area (TPSA) is 29.5 Å². The summed E-state index contributed by atoms with van der Waals surface area (Å²) in [5.74, 6) is 0. The number of hydrogen-bond donors (Lipinski definition) is 1. The van der Waals surface area contributed by atoms with Gasteiger partial charge in [-0.15, -0.1) is 11.8 Å². The van der Waals surface area contributed by atoms with Gasteiger partial charge in [0.15, 0.2) is 0 Å². The van der Waals surface area contributed by atoms with Crippen LogP contribution in [0.25, 0.3) is 0 Å². The van der Waals surface area contributed by atoms with Gasteiger partial charge in [-0.3, -0.25) is 0 Å². The largest absolute Gasteiger partial charge is 0.395 e. The maximum Gasteiger partial charge on any atom is 0.0902 e. The van der Waals surface area contributed by atoms with E-state index in [-0.39, 0.29) is 11.4 Å². The van der Waals surface area contributed by atoms with Gasteiger partial charge < -0.3 is 9.84 Å². The van der Waals surface area contributed by atoms with Crippen molar-refractivity contribution in [3.8, 4) is 0 Å². The Morgan fingerprint density at radius 3 is 2.73 bits per heavy atom. The van der Waals surface area contributed by atoms with Crippen LogP contribution in [0.3, 0.4) is 0 Å². The van der Waals surface area contributed by atoms with E-state index < -0.39 is 0 Å². The lowest BCUT2D eigenvalue weighted by Crippen LogP contribution is -2.49. The highest BCUT2D eigenvalue weighted by molar-refractivity contribution is 8.00. The van der Waals surface area contributed by atoms with Gasteiger partial charge in [-0.05, 0) is 30.7 Å². The van der Waals surface area contributed by atoms with Crippen molar-refractivity contribution in [2.45, 2.75) is 16.6 Å². The number of benzene rings is 1. The number of thioether (sulfide) groups is 1. The highest BCUT2D eigenvalue weighted by atomic mass is 35.5. The molecule has 82 valence electrons. The molecule has 2 rings (SSSR count). The molecule has 0 atom stereocenters. The molecule has 1 aromatic rings. The van der Waals surface area contributed by atoms with Crippen LogP contribution >= 0.6 is 23.4 Å². The molecule has 1 aromatic carbocycles. The Labute approximate surface area is 98.6 Å². The highest BCUT2D eigenvalue weighted by Crippen LogP contribution is 2.39. The number of aliphatic hydroxyl groups excluding tert-OH is 1. The van der Waals surface area contributed by atoms with E-state index in [2.05, 4.69) is 0 Å². The zero-order chi connectivity index (χ0) is 10.9. The third-order valence-electron chi connectivity index (χ3n) is 2.48. The minimum Gasteiger partial charge on any atom is -0.395 e. The molecule has 1 fully saturated rings. The molecule has 0 spiro atoms. The first kappa shape index (κ1) is 11.3. The van der Waals surface area contributed by atoms with Gasteiger partial charge in [0, 0.05) is 9.92 Å². The summed E-state index contributed by atoms with van der Waals surface area (Å²) in [5, 5.41) is 10.1. The molecule has 0 saturated carbocycles. The molecule has 15 heavy (non-hydrogen) atoms. The molecule has 0 unspecified atom stereocenters. The van der Waals surface area contributed by atoms with Crippen LogP contribution in [0.1, 0.15) is 5.56 Å². The van der Waals surface area contributed by atoms with E-state index >= 15 is 0 Å². The number of ether oxygens (including phenoxy) is 1. The number of halogens is 1. The van der Waals surface area contributed by atoms with E-state index in [0.29, 0.717) is 13.2 Å². The van der Waals surface area contributed by atoms with Crippen molar-refractivity contribution in [1.29, 1.82) is 0 Å². The van der Waals surface area contributed by atoms with Crippen LogP contribution in [-0.2, 0) is 4.74 Å². The van der Waals surface area contributed by atoms with Crippen molar-refractivity contribution in [1.82, 2.24) is 0 Å². The summed E-state index contributed by atoms with van der Waals surface area (Å²) in [6.07, 6.45) is 0. The SMILES string of the molecule is Cc1cc(SC2(CO)COC2)ccc1Cl. The van der Waals surface area contributed by atoms with Crippen LogP contribution in [0, 0.1) is 6.92 Å². The first-order valence-corrected chi connectivity index (χ1v) is 5.98. The second-order valence-electron chi connectivity index (χ2n) is 3.85. The zero-order valence-electron chi connectivity index (χ0n) is 8.50. The Hall–Kier alpha value is -0.220.